The molecule has 4 N–H and O–H groups in total. The summed E-state index contributed by atoms with van der Waals surface area (Å²) in [5, 5.41) is 23.8. The minimum absolute atomic E-state index is 0.179. The lowest BCUT2D eigenvalue weighted by Gasteiger charge is -2.18. The van der Waals surface area contributed by atoms with E-state index in [9.17, 15) is 14.7 Å². The van der Waals surface area contributed by atoms with Crippen molar-refractivity contribution in [3.63, 3.8) is 0 Å². The van der Waals surface area contributed by atoms with Gasteiger partial charge in [0, 0.05) is 20.0 Å². The minimum atomic E-state index is -1.06. The average Bonchev–Trinajstić information content (AvgIpc) is 2.62. The molecule has 3 atom stereocenters. The highest BCUT2D eigenvalue weighted by Gasteiger charge is 2.25. The monoisotopic (exact) mass is 244 g/mol. The van der Waals surface area contributed by atoms with E-state index >= 15 is 0 Å². The fraction of sp³-hybridized carbons (Fsp3) is 0.818. The fourth-order valence-electron chi connectivity index (χ4n) is 2.11. The molecular formula is C11H20N2O4. The summed E-state index contributed by atoms with van der Waals surface area (Å²) in [5.74, 6) is -1.22. The van der Waals surface area contributed by atoms with Gasteiger partial charge in [-0.15, -0.1) is 0 Å². The molecular weight excluding hydrogens is 224 g/mol. The Labute approximate surface area is 100 Å². The van der Waals surface area contributed by atoms with Gasteiger partial charge in [-0.1, -0.05) is 6.42 Å². The molecule has 0 aromatic rings. The zero-order chi connectivity index (χ0) is 12.8. The van der Waals surface area contributed by atoms with Gasteiger partial charge in [0.1, 0.15) is 6.04 Å². The molecule has 17 heavy (non-hydrogen) atoms. The van der Waals surface area contributed by atoms with Gasteiger partial charge in [0.2, 0.25) is 5.91 Å². The Morgan fingerprint density at radius 2 is 2.12 bits per heavy atom. The van der Waals surface area contributed by atoms with Crippen LogP contribution in [-0.2, 0) is 9.59 Å². The summed E-state index contributed by atoms with van der Waals surface area (Å²) in [6, 6.07) is -0.911. The van der Waals surface area contributed by atoms with Gasteiger partial charge in [-0.3, -0.25) is 4.79 Å². The van der Waals surface area contributed by atoms with Crippen molar-refractivity contribution in [1.29, 1.82) is 0 Å². The van der Waals surface area contributed by atoms with Gasteiger partial charge in [-0.05, 0) is 18.8 Å². The third-order valence-electron chi connectivity index (χ3n) is 3.05. The highest BCUT2D eigenvalue weighted by molar-refractivity contribution is 5.82. The fourth-order valence-corrected chi connectivity index (χ4v) is 2.11. The number of carbonyl (C=O) groups is 2. The third kappa shape index (κ3) is 4.70. The predicted molar refractivity (Wildman–Crippen MR) is 61.5 cm³/mol. The highest BCUT2D eigenvalue weighted by atomic mass is 16.4. The molecule has 0 aliphatic heterocycles. The van der Waals surface area contributed by atoms with Crippen LogP contribution in [0, 0.1) is 5.92 Å². The molecule has 0 aromatic heterocycles. The van der Waals surface area contributed by atoms with E-state index in [0.717, 1.165) is 19.3 Å². The zero-order valence-corrected chi connectivity index (χ0v) is 9.98. The first-order chi connectivity index (χ1) is 8.00. The number of aliphatic hydroxyl groups excluding tert-OH is 1. The van der Waals surface area contributed by atoms with Gasteiger partial charge in [0.25, 0.3) is 0 Å². The quantitative estimate of drug-likeness (QED) is 0.496. The maximum Gasteiger partial charge on any atom is 0.327 e. The van der Waals surface area contributed by atoms with Crippen LogP contribution in [0.3, 0.4) is 0 Å². The molecule has 1 fully saturated rings. The van der Waals surface area contributed by atoms with Crippen LogP contribution in [0.2, 0.25) is 0 Å². The van der Waals surface area contributed by atoms with Crippen molar-refractivity contribution in [2.75, 3.05) is 13.1 Å². The number of aliphatic carboxylic acids is 1. The molecule has 1 aliphatic carbocycles. The Hall–Kier alpha value is -1.14. The summed E-state index contributed by atoms with van der Waals surface area (Å²) in [6.07, 6.45) is 2.51. The molecule has 1 aliphatic rings. The van der Waals surface area contributed by atoms with E-state index in [1.807, 2.05) is 0 Å². The summed E-state index contributed by atoms with van der Waals surface area (Å²) >= 11 is 0. The van der Waals surface area contributed by atoms with E-state index in [1.54, 1.807) is 0 Å². The highest BCUT2D eigenvalue weighted by Crippen LogP contribution is 2.24. The predicted octanol–water partition coefficient (Wildman–Crippen LogP) is -0.674. The molecule has 6 nitrogen and oxygen atoms in total. The van der Waals surface area contributed by atoms with Crippen LogP contribution in [-0.4, -0.2) is 47.3 Å². The normalized spacial score (nSPS) is 25.5. The Bertz CT molecular complexity index is 283. The van der Waals surface area contributed by atoms with Gasteiger partial charge >= 0.3 is 5.97 Å². The summed E-state index contributed by atoms with van der Waals surface area (Å²) in [7, 11) is 0. The first-order valence-electron chi connectivity index (χ1n) is 5.89. The smallest absolute Gasteiger partial charge is 0.327 e. The second-order valence-corrected chi connectivity index (χ2v) is 4.51. The lowest BCUT2D eigenvalue weighted by molar-refractivity contribution is -0.141. The SMILES string of the molecule is CC(=O)NC(CNCC1CCCC1O)C(=O)O. The molecule has 0 spiro atoms. The molecule has 0 aromatic carbocycles. The molecule has 98 valence electrons. The standard InChI is InChI=1S/C11H20N2O4/c1-7(14)13-9(11(16)17)6-12-5-8-3-2-4-10(8)15/h8-10,12,15H,2-6H2,1H3,(H,13,14)(H,16,17). The Balaban J connectivity index is 2.26. The summed E-state index contributed by atoms with van der Waals surface area (Å²) in [6.45, 7) is 2.05. The van der Waals surface area contributed by atoms with E-state index in [-0.39, 0.29) is 24.5 Å². The van der Waals surface area contributed by atoms with Crippen LogP contribution < -0.4 is 10.6 Å². The van der Waals surface area contributed by atoms with E-state index in [1.165, 1.54) is 6.92 Å². The minimum Gasteiger partial charge on any atom is -0.480 e. The lowest BCUT2D eigenvalue weighted by Crippen LogP contribution is -2.47. The Morgan fingerprint density at radius 1 is 1.41 bits per heavy atom. The number of carboxylic acids is 1. The molecule has 3 unspecified atom stereocenters. The number of aliphatic hydroxyl groups is 1. The summed E-state index contributed by atoms with van der Waals surface area (Å²) < 4.78 is 0. The van der Waals surface area contributed by atoms with E-state index in [2.05, 4.69) is 10.6 Å². The molecule has 0 radical (unpaired) electrons. The molecule has 1 rings (SSSR count). The van der Waals surface area contributed by atoms with E-state index < -0.39 is 12.0 Å². The van der Waals surface area contributed by atoms with Gasteiger partial charge < -0.3 is 20.8 Å². The van der Waals surface area contributed by atoms with Gasteiger partial charge in [0.15, 0.2) is 0 Å². The molecule has 6 heteroatoms. The maximum absolute atomic E-state index is 10.8. The Kier molecular flexibility index (Phi) is 5.37. The van der Waals surface area contributed by atoms with E-state index in [0.29, 0.717) is 6.54 Å². The first-order valence-corrected chi connectivity index (χ1v) is 5.89. The van der Waals surface area contributed by atoms with Crippen molar-refractivity contribution < 1.29 is 19.8 Å². The van der Waals surface area contributed by atoms with Crippen LogP contribution in [0.25, 0.3) is 0 Å². The zero-order valence-electron chi connectivity index (χ0n) is 9.98. The average molecular weight is 244 g/mol. The second-order valence-electron chi connectivity index (χ2n) is 4.51. The van der Waals surface area contributed by atoms with Gasteiger partial charge in [-0.25, -0.2) is 4.79 Å². The first kappa shape index (κ1) is 13.9. The number of amides is 1. The van der Waals surface area contributed by atoms with Crippen molar-refractivity contribution in [2.45, 2.75) is 38.3 Å². The van der Waals surface area contributed by atoms with E-state index in [4.69, 9.17) is 5.11 Å². The molecule has 0 saturated heterocycles. The second kappa shape index (κ2) is 6.56. The van der Waals surface area contributed by atoms with Crippen LogP contribution in [0.1, 0.15) is 26.2 Å². The third-order valence-corrected chi connectivity index (χ3v) is 3.05. The number of nitrogens with one attached hydrogen (secondary N) is 2. The van der Waals surface area contributed by atoms with Gasteiger partial charge in [0.05, 0.1) is 6.10 Å². The number of hydrogen-bond donors (Lipinski definition) is 4. The van der Waals surface area contributed by atoms with Crippen molar-refractivity contribution in [1.82, 2.24) is 10.6 Å². The lowest BCUT2D eigenvalue weighted by atomic mass is 10.1. The van der Waals surface area contributed by atoms with Crippen LogP contribution in [0.5, 0.6) is 0 Å². The summed E-state index contributed by atoms with van der Waals surface area (Å²) in [5.41, 5.74) is 0. The summed E-state index contributed by atoms with van der Waals surface area (Å²) in [4.78, 5) is 21.6. The number of hydrogen-bond acceptors (Lipinski definition) is 4. The molecule has 0 bridgehead atoms. The topological polar surface area (TPSA) is 98.7 Å². The number of carbonyl (C=O) groups excluding carboxylic acids is 1. The van der Waals surface area contributed by atoms with Crippen molar-refractivity contribution in [2.24, 2.45) is 5.92 Å². The number of rotatable bonds is 6. The number of carboxylic acid groups (broad SMARTS) is 1. The van der Waals surface area contributed by atoms with Crippen LogP contribution >= 0.6 is 0 Å². The molecule has 1 amide bonds. The molecule has 0 heterocycles. The van der Waals surface area contributed by atoms with Crippen molar-refractivity contribution in [3.8, 4) is 0 Å². The molecule has 1 saturated carbocycles. The van der Waals surface area contributed by atoms with Crippen molar-refractivity contribution in [3.05, 3.63) is 0 Å². The van der Waals surface area contributed by atoms with Crippen LogP contribution in [0.15, 0.2) is 0 Å². The Morgan fingerprint density at radius 3 is 2.59 bits per heavy atom. The van der Waals surface area contributed by atoms with Crippen LogP contribution in [0.4, 0.5) is 0 Å². The van der Waals surface area contributed by atoms with Gasteiger partial charge in [-0.2, -0.15) is 0 Å². The maximum atomic E-state index is 10.8. The largest absolute Gasteiger partial charge is 0.480 e. The van der Waals surface area contributed by atoms with Crippen molar-refractivity contribution >= 4 is 11.9 Å².